The molecular formula is C44H26OS. The molecule has 0 atom stereocenters. The lowest BCUT2D eigenvalue weighted by atomic mass is 9.85. The molecule has 0 saturated heterocycles. The van der Waals surface area contributed by atoms with E-state index in [1.807, 2.05) is 11.3 Å². The zero-order valence-corrected chi connectivity index (χ0v) is 25.6. The Morgan fingerprint density at radius 3 is 1.70 bits per heavy atom. The third-order valence-electron chi connectivity index (χ3n) is 9.47. The lowest BCUT2D eigenvalue weighted by Gasteiger charge is -2.19. The Bertz CT molecular complexity index is 2740. The number of thiophene rings is 1. The summed E-state index contributed by atoms with van der Waals surface area (Å²) in [6, 6.07) is 57.1. The fraction of sp³-hybridized carbons (Fsp3) is 0. The minimum absolute atomic E-state index is 0.923. The second-order valence-corrected chi connectivity index (χ2v) is 13.0. The number of para-hydroxylation sites is 1. The van der Waals surface area contributed by atoms with E-state index in [0.29, 0.717) is 0 Å². The molecule has 214 valence electrons. The van der Waals surface area contributed by atoms with E-state index in [1.165, 1.54) is 80.5 Å². The molecule has 1 nitrogen and oxygen atoms in total. The highest BCUT2D eigenvalue weighted by Crippen LogP contribution is 2.53. The maximum atomic E-state index is 6.41. The highest BCUT2D eigenvalue weighted by Gasteiger charge is 2.25. The molecule has 0 N–H and O–H groups in total. The van der Waals surface area contributed by atoms with E-state index in [2.05, 4.69) is 158 Å². The number of rotatable bonds is 3. The number of fused-ring (bicyclic) bond motifs is 8. The lowest BCUT2D eigenvalue weighted by Crippen LogP contribution is -1.91. The van der Waals surface area contributed by atoms with Gasteiger partial charge in [0.15, 0.2) is 0 Å². The molecule has 0 aliphatic heterocycles. The summed E-state index contributed by atoms with van der Waals surface area (Å²) in [5.41, 5.74) is 8.18. The van der Waals surface area contributed by atoms with Gasteiger partial charge in [-0.3, -0.25) is 0 Å². The summed E-state index contributed by atoms with van der Waals surface area (Å²) in [4.78, 5) is 1.29. The molecule has 2 heterocycles. The van der Waals surface area contributed by atoms with Gasteiger partial charge in [-0.25, -0.2) is 0 Å². The average Bonchev–Trinajstić information content (AvgIpc) is 3.69. The van der Waals surface area contributed by atoms with Crippen LogP contribution in [0.2, 0.25) is 0 Å². The third-order valence-corrected chi connectivity index (χ3v) is 10.6. The standard InChI is InChI=1S/C44H26OS/c1-2-14-28(15-3-1)39-43-38(26-25-37-42(43)35-22-10-11-24-36(35)45-37)46-44(39)41-33-20-8-6-18-31(33)40(32-19-7-9-21-34(32)41)30-23-12-16-27-13-4-5-17-29(27)30/h1-26H. The van der Waals surface area contributed by atoms with Crippen LogP contribution < -0.4 is 0 Å². The van der Waals surface area contributed by atoms with Gasteiger partial charge in [-0.1, -0.05) is 140 Å². The van der Waals surface area contributed by atoms with Crippen molar-refractivity contribution in [1.82, 2.24) is 0 Å². The van der Waals surface area contributed by atoms with Crippen molar-refractivity contribution >= 4 is 75.7 Å². The summed E-state index contributed by atoms with van der Waals surface area (Å²) < 4.78 is 7.67. The van der Waals surface area contributed by atoms with Gasteiger partial charge in [0.25, 0.3) is 0 Å². The van der Waals surface area contributed by atoms with Gasteiger partial charge in [0.05, 0.1) is 0 Å². The first kappa shape index (κ1) is 25.6. The van der Waals surface area contributed by atoms with Gasteiger partial charge in [0.2, 0.25) is 0 Å². The minimum Gasteiger partial charge on any atom is -0.456 e. The zero-order valence-electron chi connectivity index (χ0n) is 24.8. The molecule has 2 heteroatoms. The van der Waals surface area contributed by atoms with Crippen LogP contribution in [0.5, 0.6) is 0 Å². The molecule has 0 bridgehead atoms. The molecule has 46 heavy (non-hydrogen) atoms. The van der Waals surface area contributed by atoms with Crippen molar-refractivity contribution in [1.29, 1.82) is 0 Å². The van der Waals surface area contributed by atoms with Gasteiger partial charge >= 0.3 is 0 Å². The van der Waals surface area contributed by atoms with E-state index in [1.54, 1.807) is 0 Å². The second kappa shape index (κ2) is 9.90. The molecule has 0 spiro atoms. The molecular weight excluding hydrogens is 577 g/mol. The molecule has 0 saturated carbocycles. The second-order valence-electron chi connectivity index (χ2n) is 12.0. The Balaban J connectivity index is 1.41. The molecule has 0 amide bonds. The van der Waals surface area contributed by atoms with Crippen LogP contribution in [0.1, 0.15) is 0 Å². The van der Waals surface area contributed by atoms with Crippen molar-refractivity contribution in [2.45, 2.75) is 0 Å². The largest absolute Gasteiger partial charge is 0.456 e. The van der Waals surface area contributed by atoms with Gasteiger partial charge in [0.1, 0.15) is 11.2 Å². The monoisotopic (exact) mass is 602 g/mol. The summed E-state index contributed by atoms with van der Waals surface area (Å²) in [7, 11) is 0. The molecule has 0 fully saturated rings. The van der Waals surface area contributed by atoms with Crippen molar-refractivity contribution in [3.8, 4) is 32.7 Å². The quantitative estimate of drug-likeness (QED) is 0.183. The first-order valence-corrected chi connectivity index (χ1v) is 16.5. The highest BCUT2D eigenvalue weighted by molar-refractivity contribution is 7.23. The van der Waals surface area contributed by atoms with Crippen LogP contribution in [-0.4, -0.2) is 0 Å². The van der Waals surface area contributed by atoms with E-state index < -0.39 is 0 Å². The van der Waals surface area contributed by atoms with E-state index in [-0.39, 0.29) is 0 Å². The number of hydrogen-bond acceptors (Lipinski definition) is 2. The predicted molar refractivity (Wildman–Crippen MR) is 198 cm³/mol. The maximum Gasteiger partial charge on any atom is 0.136 e. The Labute approximate surface area is 269 Å². The topological polar surface area (TPSA) is 13.1 Å². The van der Waals surface area contributed by atoms with Crippen LogP contribution in [0.25, 0.3) is 97.0 Å². The summed E-state index contributed by atoms with van der Waals surface area (Å²) in [6.07, 6.45) is 0. The summed E-state index contributed by atoms with van der Waals surface area (Å²) in [6.45, 7) is 0. The molecule has 10 aromatic rings. The van der Waals surface area contributed by atoms with Gasteiger partial charge in [-0.05, 0) is 67.2 Å². The smallest absolute Gasteiger partial charge is 0.136 e. The first-order valence-electron chi connectivity index (χ1n) is 15.7. The fourth-order valence-corrected chi connectivity index (χ4v) is 8.87. The Morgan fingerprint density at radius 1 is 0.370 bits per heavy atom. The number of hydrogen-bond donors (Lipinski definition) is 0. The van der Waals surface area contributed by atoms with Crippen LogP contribution in [0.15, 0.2) is 162 Å². The van der Waals surface area contributed by atoms with Crippen molar-refractivity contribution in [2.24, 2.45) is 0 Å². The highest BCUT2D eigenvalue weighted by atomic mass is 32.1. The van der Waals surface area contributed by atoms with E-state index >= 15 is 0 Å². The van der Waals surface area contributed by atoms with Crippen molar-refractivity contribution in [3.63, 3.8) is 0 Å². The molecule has 0 aliphatic carbocycles. The van der Waals surface area contributed by atoms with Crippen LogP contribution in [0, 0.1) is 0 Å². The van der Waals surface area contributed by atoms with Crippen LogP contribution >= 0.6 is 11.3 Å². The van der Waals surface area contributed by atoms with Gasteiger partial charge in [-0.15, -0.1) is 11.3 Å². The van der Waals surface area contributed by atoms with Crippen LogP contribution in [-0.2, 0) is 0 Å². The Kier molecular flexibility index (Phi) is 5.51. The van der Waals surface area contributed by atoms with Crippen LogP contribution in [0.3, 0.4) is 0 Å². The summed E-state index contributed by atoms with van der Waals surface area (Å²) >= 11 is 1.89. The molecule has 0 unspecified atom stereocenters. The lowest BCUT2D eigenvalue weighted by molar-refractivity contribution is 0.669. The zero-order chi connectivity index (χ0) is 30.2. The average molecular weight is 603 g/mol. The Hall–Kier alpha value is -5.70. The molecule has 10 rings (SSSR count). The van der Waals surface area contributed by atoms with E-state index in [0.717, 1.165) is 16.6 Å². The third kappa shape index (κ3) is 3.62. The van der Waals surface area contributed by atoms with Crippen LogP contribution in [0.4, 0.5) is 0 Å². The summed E-state index contributed by atoms with van der Waals surface area (Å²) in [5.74, 6) is 0. The molecule has 0 aliphatic rings. The molecule has 2 aromatic heterocycles. The minimum atomic E-state index is 0.923. The fourth-order valence-electron chi connectivity index (χ4n) is 7.57. The molecule has 0 radical (unpaired) electrons. The predicted octanol–water partition coefficient (Wildman–Crippen LogP) is 13.3. The SMILES string of the molecule is c1ccc(-c2c(-c3c4ccccc4c(-c4cccc5ccccc45)c4ccccc34)sc3ccc4oc5ccccc5c4c23)cc1. The van der Waals surface area contributed by atoms with E-state index in [9.17, 15) is 0 Å². The van der Waals surface area contributed by atoms with Crippen molar-refractivity contribution in [3.05, 3.63) is 158 Å². The number of benzene rings is 8. The van der Waals surface area contributed by atoms with E-state index in [4.69, 9.17) is 4.42 Å². The first-order chi connectivity index (χ1) is 22.8. The van der Waals surface area contributed by atoms with Crippen molar-refractivity contribution in [2.75, 3.05) is 0 Å². The van der Waals surface area contributed by atoms with Gasteiger partial charge in [-0.2, -0.15) is 0 Å². The molecule has 8 aromatic carbocycles. The van der Waals surface area contributed by atoms with Gasteiger partial charge < -0.3 is 4.42 Å². The maximum absolute atomic E-state index is 6.41. The van der Waals surface area contributed by atoms with Gasteiger partial charge in [0, 0.05) is 36.9 Å². The number of furan rings is 1. The summed E-state index contributed by atoms with van der Waals surface area (Å²) in [5, 5.41) is 11.2. The normalized spacial score (nSPS) is 11.9. The van der Waals surface area contributed by atoms with Crippen molar-refractivity contribution < 1.29 is 4.42 Å². The Morgan fingerprint density at radius 2 is 0.957 bits per heavy atom.